The Bertz CT molecular complexity index is 443. The van der Waals surface area contributed by atoms with Crippen LogP contribution in [0.1, 0.15) is 11.9 Å². The molecule has 0 radical (unpaired) electrons. The highest BCUT2D eigenvalue weighted by Gasteiger charge is 2.36. The lowest BCUT2D eigenvalue weighted by molar-refractivity contribution is -0.117. The Morgan fingerprint density at radius 1 is 1.18 bits per heavy atom. The first-order valence-corrected chi connectivity index (χ1v) is 5.65. The van der Waals surface area contributed by atoms with Crippen molar-refractivity contribution in [1.82, 2.24) is 5.32 Å². The maximum absolute atomic E-state index is 11.2. The number of benzene rings is 1. The summed E-state index contributed by atoms with van der Waals surface area (Å²) in [6, 6.07) is 9.80. The molecule has 3 rings (SSSR count). The minimum Gasteiger partial charge on any atom is -0.350 e. The molecule has 1 aromatic rings. The van der Waals surface area contributed by atoms with Crippen molar-refractivity contribution in [2.24, 2.45) is 0 Å². The molecule has 0 aliphatic carbocycles. The largest absolute Gasteiger partial charge is 0.350 e. The monoisotopic (exact) mass is 231 g/mol. The summed E-state index contributed by atoms with van der Waals surface area (Å²) in [6.45, 7) is 0.486. The van der Waals surface area contributed by atoms with Gasteiger partial charge in [0.25, 0.3) is 0 Å². The van der Waals surface area contributed by atoms with Crippen LogP contribution < -0.4 is 5.32 Å². The molecule has 17 heavy (non-hydrogen) atoms. The SMILES string of the molecule is O=C1C=C[C@@H]2O[C@@H](c3ccccc3)O[C@@H]2CN1. The zero-order valence-electron chi connectivity index (χ0n) is 9.21. The summed E-state index contributed by atoms with van der Waals surface area (Å²) in [7, 11) is 0. The van der Waals surface area contributed by atoms with Gasteiger partial charge in [-0.3, -0.25) is 4.79 Å². The minimum absolute atomic E-state index is 0.0946. The van der Waals surface area contributed by atoms with Gasteiger partial charge in [-0.2, -0.15) is 0 Å². The molecular weight excluding hydrogens is 218 g/mol. The van der Waals surface area contributed by atoms with Gasteiger partial charge in [-0.05, 0) is 6.08 Å². The number of nitrogens with one attached hydrogen (secondary N) is 1. The predicted molar refractivity (Wildman–Crippen MR) is 61.1 cm³/mol. The van der Waals surface area contributed by atoms with Crippen LogP contribution in [0.2, 0.25) is 0 Å². The third-order valence-electron chi connectivity index (χ3n) is 2.93. The number of carbonyl (C=O) groups is 1. The average Bonchev–Trinajstić information content (AvgIpc) is 2.71. The van der Waals surface area contributed by atoms with Crippen molar-refractivity contribution in [3.63, 3.8) is 0 Å². The van der Waals surface area contributed by atoms with Crippen molar-refractivity contribution in [3.05, 3.63) is 48.0 Å². The van der Waals surface area contributed by atoms with Crippen molar-refractivity contribution in [2.45, 2.75) is 18.5 Å². The van der Waals surface area contributed by atoms with Crippen molar-refractivity contribution in [3.8, 4) is 0 Å². The van der Waals surface area contributed by atoms with Gasteiger partial charge in [-0.15, -0.1) is 0 Å². The van der Waals surface area contributed by atoms with Crippen LogP contribution in [0.15, 0.2) is 42.5 Å². The summed E-state index contributed by atoms with van der Waals surface area (Å²) < 4.78 is 11.6. The maximum atomic E-state index is 11.2. The highest BCUT2D eigenvalue weighted by molar-refractivity contribution is 5.87. The molecule has 88 valence electrons. The van der Waals surface area contributed by atoms with Crippen LogP contribution in [-0.4, -0.2) is 24.7 Å². The molecular formula is C13H13NO3. The summed E-state index contributed by atoms with van der Waals surface area (Å²) in [5, 5.41) is 2.76. The van der Waals surface area contributed by atoms with E-state index >= 15 is 0 Å². The van der Waals surface area contributed by atoms with Crippen LogP contribution in [0, 0.1) is 0 Å². The Labute approximate surface area is 99.2 Å². The molecule has 1 fully saturated rings. The van der Waals surface area contributed by atoms with E-state index in [9.17, 15) is 4.79 Å². The van der Waals surface area contributed by atoms with Crippen LogP contribution >= 0.6 is 0 Å². The summed E-state index contributed by atoms with van der Waals surface area (Å²) in [5.74, 6) is -0.0946. The van der Waals surface area contributed by atoms with Crippen LogP contribution in [0.3, 0.4) is 0 Å². The van der Waals surface area contributed by atoms with Crippen LogP contribution in [0.4, 0.5) is 0 Å². The summed E-state index contributed by atoms with van der Waals surface area (Å²) in [4.78, 5) is 11.2. The summed E-state index contributed by atoms with van der Waals surface area (Å²) >= 11 is 0. The number of hydrogen-bond donors (Lipinski definition) is 1. The van der Waals surface area contributed by atoms with Gasteiger partial charge in [-0.1, -0.05) is 30.3 Å². The third-order valence-corrected chi connectivity index (χ3v) is 2.93. The molecule has 0 bridgehead atoms. The fourth-order valence-corrected chi connectivity index (χ4v) is 2.04. The predicted octanol–water partition coefficient (Wildman–Crippen LogP) is 1.16. The molecule has 0 unspecified atom stereocenters. The fourth-order valence-electron chi connectivity index (χ4n) is 2.04. The lowest BCUT2D eigenvalue weighted by Gasteiger charge is -2.11. The quantitative estimate of drug-likeness (QED) is 0.788. The Morgan fingerprint density at radius 2 is 2.00 bits per heavy atom. The van der Waals surface area contributed by atoms with Crippen molar-refractivity contribution >= 4 is 5.91 Å². The van der Waals surface area contributed by atoms with Gasteiger partial charge >= 0.3 is 0 Å². The lowest BCUT2D eigenvalue weighted by atomic mass is 10.2. The smallest absolute Gasteiger partial charge is 0.243 e. The normalized spacial score (nSPS) is 31.8. The zero-order chi connectivity index (χ0) is 11.7. The molecule has 1 aromatic carbocycles. The number of fused-ring (bicyclic) bond motifs is 1. The molecule has 1 saturated heterocycles. The number of amides is 1. The second-order valence-electron chi connectivity index (χ2n) is 4.12. The van der Waals surface area contributed by atoms with Crippen molar-refractivity contribution in [1.29, 1.82) is 0 Å². The van der Waals surface area contributed by atoms with E-state index in [0.29, 0.717) is 6.54 Å². The first kappa shape index (κ1) is 10.5. The Hall–Kier alpha value is -1.65. The molecule has 0 aromatic heterocycles. The Kier molecular flexibility index (Phi) is 2.66. The summed E-state index contributed by atoms with van der Waals surface area (Å²) in [6.07, 6.45) is 2.66. The molecule has 2 aliphatic rings. The van der Waals surface area contributed by atoms with E-state index in [1.54, 1.807) is 6.08 Å². The van der Waals surface area contributed by atoms with E-state index < -0.39 is 0 Å². The van der Waals surface area contributed by atoms with Gasteiger partial charge in [0.15, 0.2) is 6.29 Å². The molecule has 0 saturated carbocycles. The van der Waals surface area contributed by atoms with Crippen molar-refractivity contribution in [2.75, 3.05) is 6.54 Å². The van der Waals surface area contributed by atoms with E-state index in [4.69, 9.17) is 9.47 Å². The van der Waals surface area contributed by atoms with Gasteiger partial charge in [0.2, 0.25) is 5.91 Å². The fraction of sp³-hybridized carbons (Fsp3) is 0.308. The molecule has 4 heteroatoms. The first-order chi connectivity index (χ1) is 8.33. The Morgan fingerprint density at radius 3 is 2.82 bits per heavy atom. The van der Waals surface area contributed by atoms with E-state index in [0.717, 1.165) is 5.56 Å². The van der Waals surface area contributed by atoms with Gasteiger partial charge in [0, 0.05) is 18.2 Å². The maximum Gasteiger partial charge on any atom is 0.243 e. The van der Waals surface area contributed by atoms with E-state index in [2.05, 4.69) is 5.32 Å². The van der Waals surface area contributed by atoms with Gasteiger partial charge in [0.05, 0.1) is 0 Å². The van der Waals surface area contributed by atoms with E-state index in [1.807, 2.05) is 30.3 Å². The number of ether oxygens (including phenoxy) is 2. The molecule has 1 amide bonds. The first-order valence-electron chi connectivity index (χ1n) is 5.65. The van der Waals surface area contributed by atoms with Gasteiger partial charge < -0.3 is 14.8 Å². The molecule has 1 N–H and O–H groups in total. The molecule has 4 nitrogen and oxygen atoms in total. The number of carbonyl (C=O) groups excluding carboxylic acids is 1. The molecule has 0 spiro atoms. The standard InChI is InChI=1S/C13H13NO3/c15-12-7-6-10-11(8-14-12)17-13(16-10)9-4-2-1-3-5-9/h1-7,10-11,13H,8H2,(H,14,15)/t10-,11+,13+/m0/s1. The van der Waals surface area contributed by atoms with Gasteiger partial charge in [0.1, 0.15) is 12.2 Å². The van der Waals surface area contributed by atoms with Crippen molar-refractivity contribution < 1.29 is 14.3 Å². The van der Waals surface area contributed by atoms with E-state index in [1.165, 1.54) is 6.08 Å². The van der Waals surface area contributed by atoms with Crippen LogP contribution in [0.25, 0.3) is 0 Å². The zero-order valence-corrected chi connectivity index (χ0v) is 9.21. The lowest BCUT2D eigenvalue weighted by Crippen LogP contribution is -2.33. The van der Waals surface area contributed by atoms with Gasteiger partial charge in [-0.25, -0.2) is 0 Å². The third kappa shape index (κ3) is 2.09. The molecule has 3 atom stereocenters. The topological polar surface area (TPSA) is 47.6 Å². The average molecular weight is 231 g/mol. The summed E-state index contributed by atoms with van der Waals surface area (Å²) in [5.41, 5.74) is 1.00. The second kappa shape index (κ2) is 4.31. The minimum atomic E-state index is -0.342. The highest BCUT2D eigenvalue weighted by Crippen LogP contribution is 2.32. The highest BCUT2D eigenvalue weighted by atomic mass is 16.7. The number of hydrogen-bond acceptors (Lipinski definition) is 3. The van der Waals surface area contributed by atoms with Crippen LogP contribution in [0.5, 0.6) is 0 Å². The molecule has 2 heterocycles. The Balaban J connectivity index is 1.78. The van der Waals surface area contributed by atoms with Crippen LogP contribution in [-0.2, 0) is 14.3 Å². The molecule has 2 aliphatic heterocycles. The van der Waals surface area contributed by atoms with E-state index in [-0.39, 0.29) is 24.4 Å². The second-order valence-corrected chi connectivity index (χ2v) is 4.12. The number of rotatable bonds is 1.